The van der Waals surface area contributed by atoms with Gasteiger partial charge in [0.15, 0.2) is 5.11 Å². The Morgan fingerprint density at radius 1 is 1.73 bits per heavy atom. The van der Waals surface area contributed by atoms with Crippen LogP contribution < -0.4 is 5.32 Å². The third-order valence-electron chi connectivity index (χ3n) is 1.87. The molecule has 1 aliphatic rings. The molecule has 1 heterocycles. The monoisotopic (exact) mass is 170 g/mol. The summed E-state index contributed by atoms with van der Waals surface area (Å²) in [5.74, 6) is 0. The first-order valence-corrected chi connectivity index (χ1v) is 4.28. The van der Waals surface area contributed by atoms with E-state index in [2.05, 4.69) is 16.8 Å². The van der Waals surface area contributed by atoms with Crippen LogP contribution in [0.4, 0.5) is 0 Å². The van der Waals surface area contributed by atoms with E-state index < -0.39 is 0 Å². The Kier molecular flexibility index (Phi) is 2.88. The summed E-state index contributed by atoms with van der Waals surface area (Å²) in [6, 6.07) is 0. The van der Waals surface area contributed by atoms with E-state index in [1.807, 2.05) is 7.05 Å². The Balaban J connectivity index is 2.45. The van der Waals surface area contributed by atoms with Crippen LogP contribution in [0.15, 0.2) is 12.2 Å². The zero-order valence-electron chi connectivity index (χ0n) is 6.89. The number of hydrogen-bond donors (Lipinski definition) is 1. The smallest absolute Gasteiger partial charge is 0.168 e. The predicted octanol–water partition coefficient (Wildman–Crippen LogP) is 1.14. The largest absolute Gasteiger partial charge is 0.366 e. The van der Waals surface area contributed by atoms with Gasteiger partial charge in [-0.2, -0.15) is 0 Å². The predicted molar refractivity (Wildman–Crippen MR) is 51.6 cm³/mol. The highest BCUT2D eigenvalue weighted by Gasteiger charge is 2.13. The van der Waals surface area contributed by atoms with Crippen molar-refractivity contribution in [3.05, 3.63) is 12.2 Å². The minimum atomic E-state index is 0.839. The van der Waals surface area contributed by atoms with Crippen LogP contribution >= 0.6 is 12.2 Å². The molecule has 1 saturated heterocycles. The van der Waals surface area contributed by atoms with Crippen LogP contribution in [0.25, 0.3) is 0 Å². The highest BCUT2D eigenvalue weighted by Crippen LogP contribution is 2.12. The second-order valence-electron chi connectivity index (χ2n) is 2.83. The molecule has 3 heteroatoms. The first-order chi connectivity index (χ1) is 5.24. The van der Waals surface area contributed by atoms with E-state index in [1.165, 1.54) is 12.0 Å². The molecule has 0 aliphatic carbocycles. The summed E-state index contributed by atoms with van der Waals surface area (Å²) >= 11 is 5.10. The second-order valence-corrected chi connectivity index (χ2v) is 3.22. The molecule has 0 aromatic rings. The van der Waals surface area contributed by atoms with Crippen LogP contribution in [0, 0.1) is 0 Å². The first kappa shape index (κ1) is 8.53. The van der Waals surface area contributed by atoms with Gasteiger partial charge in [-0.1, -0.05) is 12.2 Å². The Bertz CT molecular complexity index is 177. The Labute approximate surface area is 73.3 Å². The lowest BCUT2D eigenvalue weighted by atomic mass is 10.1. The molecule has 0 saturated carbocycles. The molecule has 0 unspecified atom stereocenters. The molecular weight excluding hydrogens is 156 g/mol. The molecule has 0 spiro atoms. The fourth-order valence-electron chi connectivity index (χ4n) is 1.28. The van der Waals surface area contributed by atoms with Gasteiger partial charge in [-0.05, 0) is 25.1 Å². The van der Waals surface area contributed by atoms with Crippen molar-refractivity contribution in [1.82, 2.24) is 10.2 Å². The average Bonchev–Trinajstić information content (AvgIpc) is 2.03. The van der Waals surface area contributed by atoms with Crippen molar-refractivity contribution >= 4 is 17.3 Å². The third kappa shape index (κ3) is 2.19. The molecule has 0 aromatic heterocycles. The third-order valence-corrected chi connectivity index (χ3v) is 2.34. The van der Waals surface area contributed by atoms with E-state index in [4.69, 9.17) is 12.2 Å². The SMILES string of the molecule is C=C1CCCN(C(=S)NC)C1. The van der Waals surface area contributed by atoms with Crippen LogP contribution in [-0.4, -0.2) is 30.1 Å². The topological polar surface area (TPSA) is 15.3 Å². The number of rotatable bonds is 0. The summed E-state index contributed by atoms with van der Waals surface area (Å²) in [5, 5.41) is 3.81. The fraction of sp³-hybridized carbons (Fsp3) is 0.625. The fourth-order valence-corrected chi connectivity index (χ4v) is 1.44. The van der Waals surface area contributed by atoms with E-state index in [0.29, 0.717) is 0 Å². The van der Waals surface area contributed by atoms with Gasteiger partial charge in [-0.3, -0.25) is 0 Å². The van der Waals surface area contributed by atoms with E-state index in [9.17, 15) is 0 Å². The van der Waals surface area contributed by atoms with Crippen molar-refractivity contribution in [3.63, 3.8) is 0 Å². The number of nitrogens with one attached hydrogen (secondary N) is 1. The van der Waals surface area contributed by atoms with E-state index in [-0.39, 0.29) is 0 Å². The maximum Gasteiger partial charge on any atom is 0.168 e. The number of nitrogens with zero attached hydrogens (tertiary/aromatic N) is 1. The normalized spacial score (nSPS) is 18.3. The van der Waals surface area contributed by atoms with Gasteiger partial charge < -0.3 is 10.2 Å². The molecule has 0 bridgehead atoms. The van der Waals surface area contributed by atoms with Gasteiger partial charge in [0.25, 0.3) is 0 Å². The lowest BCUT2D eigenvalue weighted by Crippen LogP contribution is -2.41. The van der Waals surface area contributed by atoms with E-state index in [1.54, 1.807) is 0 Å². The number of thiocarbonyl (C=S) groups is 1. The molecular formula is C8H14N2S. The molecule has 1 fully saturated rings. The molecule has 62 valence electrons. The van der Waals surface area contributed by atoms with Crippen LogP contribution in [0.2, 0.25) is 0 Å². The van der Waals surface area contributed by atoms with Gasteiger partial charge in [-0.25, -0.2) is 0 Å². The van der Waals surface area contributed by atoms with Crippen molar-refractivity contribution in [2.45, 2.75) is 12.8 Å². The van der Waals surface area contributed by atoms with Crippen molar-refractivity contribution in [1.29, 1.82) is 0 Å². The first-order valence-electron chi connectivity index (χ1n) is 3.87. The summed E-state index contributed by atoms with van der Waals surface area (Å²) in [5.41, 5.74) is 1.29. The quantitative estimate of drug-likeness (QED) is 0.433. The standard InChI is InChI=1S/C8H14N2S/c1-7-4-3-5-10(6-7)8(11)9-2/h1,3-6H2,2H3,(H,9,11). The minimum Gasteiger partial charge on any atom is -0.366 e. The molecule has 1 rings (SSSR count). The summed E-state index contributed by atoms with van der Waals surface area (Å²) in [4.78, 5) is 2.15. The van der Waals surface area contributed by atoms with Crippen LogP contribution in [0.3, 0.4) is 0 Å². The molecule has 0 aromatic carbocycles. The van der Waals surface area contributed by atoms with Gasteiger partial charge in [0.1, 0.15) is 0 Å². The summed E-state index contributed by atoms with van der Waals surface area (Å²) in [6.45, 7) is 5.95. The van der Waals surface area contributed by atoms with Crippen LogP contribution in [0.1, 0.15) is 12.8 Å². The number of hydrogen-bond acceptors (Lipinski definition) is 1. The van der Waals surface area contributed by atoms with Crippen LogP contribution in [0.5, 0.6) is 0 Å². The molecule has 0 radical (unpaired) electrons. The lowest BCUT2D eigenvalue weighted by Gasteiger charge is -2.29. The Morgan fingerprint density at radius 2 is 2.45 bits per heavy atom. The number of likely N-dealkylation sites (tertiary alicyclic amines) is 1. The summed E-state index contributed by atoms with van der Waals surface area (Å²) in [7, 11) is 1.86. The molecule has 11 heavy (non-hydrogen) atoms. The van der Waals surface area contributed by atoms with Crippen molar-refractivity contribution in [3.8, 4) is 0 Å². The molecule has 2 nitrogen and oxygen atoms in total. The molecule has 1 aliphatic heterocycles. The molecule has 0 amide bonds. The Morgan fingerprint density at radius 3 is 3.00 bits per heavy atom. The van der Waals surface area contributed by atoms with Gasteiger partial charge in [0, 0.05) is 20.1 Å². The van der Waals surface area contributed by atoms with Crippen LogP contribution in [-0.2, 0) is 0 Å². The van der Waals surface area contributed by atoms with Gasteiger partial charge in [0.05, 0.1) is 0 Å². The van der Waals surface area contributed by atoms with Crippen molar-refractivity contribution < 1.29 is 0 Å². The van der Waals surface area contributed by atoms with E-state index >= 15 is 0 Å². The Hall–Kier alpha value is -0.570. The van der Waals surface area contributed by atoms with Crippen molar-refractivity contribution in [2.24, 2.45) is 0 Å². The zero-order valence-corrected chi connectivity index (χ0v) is 7.71. The minimum absolute atomic E-state index is 0.839. The van der Waals surface area contributed by atoms with Gasteiger partial charge in [0.2, 0.25) is 0 Å². The highest BCUT2D eigenvalue weighted by atomic mass is 32.1. The van der Waals surface area contributed by atoms with Crippen molar-refractivity contribution in [2.75, 3.05) is 20.1 Å². The highest BCUT2D eigenvalue weighted by molar-refractivity contribution is 7.80. The second kappa shape index (κ2) is 3.72. The van der Waals surface area contributed by atoms with Gasteiger partial charge >= 0.3 is 0 Å². The molecule has 1 N–H and O–H groups in total. The number of piperidine rings is 1. The lowest BCUT2D eigenvalue weighted by molar-refractivity contribution is 0.395. The summed E-state index contributed by atoms with van der Waals surface area (Å²) < 4.78 is 0. The maximum absolute atomic E-state index is 5.10. The zero-order chi connectivity index (χ0) is 8.27. The molecule has 0 atom stereocenters. The van der Waals surface area contributed by atoms with Gasteiger partial charge in [-0.15, -0.1) is 0 Å². The maximum atomic E-state index is 5.10. The van der Waals surface area contributed by atoms with E-state index in [0.717, 1.165) is 24.6 Å². The average molecular weight is 170 g/mol. The summed E-state index contributed by atoms with van der Waals surface area (Å²) in [6.07, 6.45) is 2.34.